The molecule has 0 radical (unpaired) electrons. The van der Waals surface area contributed by atoms with Gasteiger partial charge in [0.15, 0.2) is 0 Å². The number of anilines is 1. The fraction of sp³-hybridized carbons (Fsp3) is 0.278. The van der Waals surface area contributed by atoms with Crippen LogP contribution in [0.2, 0.25) is 0 Å². The molecule has 0 spiro atoms. The molecular weight excluding hydrogens is 348 g/mol. The summed E-state index contributed by atoms with van der Waals surface area (Å²) in [4.78, 5) is 23.2. The molecule has 1 amide bonds. The molecule has 9 heteroatoms. The molecule has 0 aliphatic rings. The van der Waals surface area contributed by atoms with Crippen molar-refractivity contribution >= 4 is 17.3 Å². The minimum Gasteiger partial charge on any atom is -0.320 e. The van der Waals surface area contributed by atoms with Crippen LogP contribution in [0.3, 0.4) is 0 Å². The smallest absolute Gasteiger partial charge is 0.320 e. The Balaban J connectivity index is 1.82. The van der Waals surface area contributed by atoms with Crippen LogP contribution >= 0.6 is 0 Å². The monoisotopic (exact) mass is 368 g/mol. The summed E-state index contributed by atoms with van der Waals surface area (Å²) in [7, 11) is 0. The second-order valence-corrected chi connectivity index (χ2v) is 6.19. The predicted octanol–water partition coefficient (Wildman–Crippen LogP) is 2.93. The zero-order valence-corrected chi connectivity index (χ0v) is 15.3. The summed E-state index contributed by atoms with van der Waals surface area (Å²) in [5, 5.41) is 22.2. The number of rotatable bonds is 6. The molecule has 0 atom stereocenters. The molecule has 1 aromatic carbocycles. The first-order valence-corrected chi connectivity index (χ1v) is 8.50. The van der Waals surface area contributed by atoms with Crippen LogP contribution in [0.5, 0.6) is 0 Å². The zero-order chi connectivity index (χ0) is 19.6. The average molecular weight is 368 g/mol. The number of nitrogens with zero attached hydrogens (tertiary/aromatic N) is 5. The second kappa shape index (κ2) is 7.40. The number of hydrogen-bond acceptors (Lipinski definition) is 5. The molecule has 0 aliphatic carbocycles. The number of carbonyl (C=O) groups is 1. The van der Waals surface area contributed by atoms with E-state index >= 15 is 0 Å². The molecule has 0 saturated heterocycles. The lowest BCUT2D eigenvalue weighted by atomic mass is 10.2. The maximum atomic E-state index is 12.6. The Kier molecular flexibility index (Phi) is 5.02. The van der Waals surface area contributed by atoms with Crippen LogP contribution in [0.4, 0.5) is 11.4 Å². The van der Waals surface area contributed by atoms with E-state index in [1.807, 2.05) is 42.8 Å². The molecule has 0 unspecified atom stereocenters. The molecule has 0 saturated carbocycles. The topological polar surface area (TPSA) is 108 Å². The minimum atomic E-state index is -0.604. The lowest BCUT2D eigenvalue weighted by Gasteiger charge is -2.09. The van der Waals surface area contributed by atoms with Crippen LogP contribution in [0.15, 0.2) is 36.5 Å². The van der Waals surface area contributed by atoms with Gasteiger partial charge < -0.3 is 5.32 Å². The second-order valence-electron chi connectivity index (χ2n) is 6.19. The number of hydrogen-bond donors (Lipinski definition) is 1. The third kappa shape index (κ3) is 3.86. The van der Waals surface area contributed by atoms with Gasteiger partial charge in [-0.05, 0) is 44.5 Å². The summed E-state index contributed by atoms with van der Waals surface area (Å²) < 4.78 is 3.19. The number of aryl methyl sites for hydroxylation is 3. The maximum Gasteiger partial charge on any atom is 0.320 e. The van der Waals surface area contributed by atoms with Gasteiger partial charge in [-0.2, -0.15) is 10.2 Å². The summed E-state index contributed by atoms with van der Waals surface area (Å²) >= 11 is 0. The van der Waals surface area contributed by atoms with Crippen molar-refractivity contribution in [2.24, 2.45) is 0 Å². The summed E-state index contributed by atoms with van der Waals surface area (Å²) in [6.45, 7) is 6.61. The molecule has 9 nitrogen and oxygen atoms in total. The summed E-state index contributed by atoms with van der Waals surface area (Å²) in [5.41, 5.74) is 3.12. The largest absolute Gasteiger partial charge is 0.320 e. The van der Waals surface area contributed by atoms with Gasteiger partial charge in [0.1, 0.15) is 6.20 Å². The van der Waals surface area contributed by atoms with Crippen molar-refractivity contribution in [3.05, 3.63) is 69.3 Å². The highest BCUT2D eigenvalue weighted by molar-refractivity contribution is 6.05. The lowest BCUT2D eigenvalue weighted by molar-refractivity contribution is -0.385. The molecule has 0 aliphatic heterocycles. The summed E-state index contributed by atoms with van der Waals surface area (Å²) in [6.07, 6.45) is 1.09. The third-order valence-corrected chi connectivity index (χ3v) is 4.15. The van der Waals surface area contributed by atoms with E-state index in [-0.39, 0.29) is 11.4 Å². The molecule has 3 aromatic rings. The van der Waals surface area contributed by atoms with Crippen molar-refractivity contribution in [2.75, 3.05) is 5.32 Å². The SMILES string of the molecule is CCn1ncc([N+](=O)[O-])c1C(=O)Nc1cccc(Cn2nc(C)cc2C)c1. The van der Waals surface area contributed by atoms with Crippen LogP contribution in [-0.4, -0.2) is 30.4 Å². The van der Waals surface area contributed by atoms with Crippen molar-refractivity contribution in [2.45, 2.75) is 33.9 Å². The van der Waals surface area contributed by atoms with Crippen molar-refractivity contribution in [3.63, 3.8) is 0 Å². The highest BCUT2D eigenvalue weighted by Gasteiger charge is 2.26. The van der Waals surface area contributed by atoms with Crippen molar-refractivity contribution in [1.82, 2.24) is 19.6 Å². The molecule has 0 bridgehead atoms. The van der Waals surface area contributed by atoms with Crippen LogP contribution in [0.25, 0.3) is 0 Å². The number of nitrogens with one attached hydrogen (secondary N) is 1. The van der Waals surface area contributed by atoms with Crippen LogP contribution in [0, 0.1) is 24.0 Å². The highest BCUT2D eigenvalue weighted by atomic mass is 16.6. The Labute approximate surface area is 155 Å². The van der Waals surface area contributed by atoms with E-state index in [2.05, 4.69) is 15.5 Å². The van der Waals surface area contributed by atoms with Gasteiger partial charge in [0.2, 0.25) is 5.69 Å². The Morgan fingerprint density at radius 3 is 2.67 bits per heavy atom. The van der Waals surface area contributed by atoms with E-state index in [4.69, 9.17) is 0 Å². The van der Waals surface area contributed by atoms with Gasteiger partial charge in [-0.25, -0.2) is 0 Å². The van der Waals surface area contributed by atoms with Gasteiger partial charge in [0, 0.05) is 17.9 Å². The standard InChI is InChI=1S/C18H20N6O3/c1-4-22-17(16(10-19-22)24(26)27)18(25)20-15-7-5-6-14(9-15)11-23-13(3)8-12(2)21-23/h5-10H,4,11H2,1-3H3,(H,20,25). The van der Waals surface area contributed by atoms with E-state index in [0.29, 0.717) is 18.8 Å². The molecule has 2 heterocycles. The van der Waals surface area contributed by atoms with Crippen molar-refractivity contribution in [1.29, 1.82) is 0 Å². The van der Waals surface area contributed by atoms with Crippen LogP contribution in [0.1, 0.15) is 34.4 Å². The number of carbonyl (C=O) groups excluding carboxylic acids is 1. The number of nitro groups is 1. The van der Waals surface area contributed by atoms with Gasteiger partial charge in [-0.15, -0.1) is 0 Å². The van der Waals surface area contributed by atoms with Crippen LogP contribution < -0.4 is 5.32 Å². The first-order valence-electron chi connectivity index (χ1n) is 8.50. The Hall–Kier alpha value is -3.49. The van der Waals surface area contributed by atoms with E-state index in [1.54, 1.807) is 13.0 Å². The molecule has 27 heavy (non-hydrogen) atoms. The molecule has 3 rings (SSSR count). The summed E-state index contributed by atoms with van der Waals surface area (Å²) in [5.74, 6) is -0.565. The summed E-state index contributed by atoms with van der Waals surface area (Å²) in [6, 6.07) is 9.32. The first-order chi connectivity index (χ1) is 12.9. The van der Waals surface area contributed by atoms with Gasteiger partial charge >= 0.3 is 5.69 Å². The molecular formula is C18H20N6O3. The molecule has 0 fully saturated rings. The maximum absolute atomic E-state index is 12.6. The predicted molar refractivity (Wildman–Crippen MR) is 99.8 cm³/mol. The Bertz CT molecular complexity index is 1000. The number of amides is 1. The first kappa shape index (κ1) is 18.3. The fourth-order valence-electron chi connectivity index (χ4n) is 2.93. The Morgan fingerprint density at radius 1 is 1.26 bits per heavy atom. The van der Waals surface area contributed by atoms with E-state index in [9.17, 15) is 14.9 Å². The lowest BCUT2D eigenvalue weighted by Crippen LogP contribution is -2.19. The van der Waals surface area contributed by atoms with Gasteiger partial charge in [0.25, 0.3) is 5.91 Å². The van der Waals surface area contributed by atoms with Gasteiger partial charge in [-0.1, -0.05) is 12.1 Å². The normalized spacial score (nSPS) is 10.8. The molecule has 2 aromatic heterocycles. The Morgan fingerprint density at radius 2 is 2.04 bits per heavy atom. The van der Waals surface area contributed by atoms with E-state index in [1.165, 1.54) is 4.68 Å². The minimum absolute atomic E-state index is 0.0635. The number of aromatic nitrogens is 4. The van der Waals surface area contributed by atoms with Crippen molar-refractivity contribution in [3.8, 4) is 0 Å². The average Bonchev–Trinajstić information content (AvgIpc) is 3.18. The molecule has 140 valence electrons. The quantitative estimate of drug-likeness (QED) is 0.532. The van der Waals surface area contributed by atoms with Crippen molar-refractivity contribution < 1.29 is 9.72 Å². The zero-order valence-electron chi connectivity index (χ0n) is 15.3. The van der Waals surface area contributed by atoms with Gasteiger partial charge in [-0.3, -0.25) is 24.3 Å². The fourth-order valence-corrected chi connectivity index (χ4v) is 2.93. The van der Waals surface area contributed by atoms with Gasteiger partial charge in [0.05, 0.1) is 17.2 Å². The molecule has 1 N–H and O–H groups in total. The third-order valence-electron chi connectivity index (χ3n) is 4.15. The van der Waals surface area contributed by atoms with E-state index < -0.39 is 10.8 Å². The van der Waals surface area contributed by atoms with Crippen LogP contribution in [-0.2, 0) is 13.1 Å². The number of benzene rings is 1. The van der Waals surface area contributed by atoms with E-state index in [0.717, 1.165) is 23.1 Å². The highest BCUT2D eigenvalue weighted by Crippen LogP contribution is 2.20.